The van der Waals surface area contributed by atoms with Crippen LogP contribution in [0.4, 0.5) is 13.2 Å². The van der Waals surface area contributed by atoms with Crippen molar-refractivity contribution >= 4 is 17.7 Å². The Bertz CT molecular complexity index is 468. The highest BCUT2D eigenvalue weighted by atomic mass is 32.2. The summed E-state index contributed by atoms with van der Waals surface area (Å²) in [4.78, 5) is 11.6. The van der Waals surface area contributed by atoms with E-state index in [1.54, 1.807) is 0 Å². The maximum Gasteiger partial charge on any atom is 0.405 e. The summed E-state index contributed by atoms with van der Waals surface area (Å²) < 4.78 is 37.6. The van der Waals surface area contributed by atoms with Crippen LogP contribution in [0.3, 0.4) is 0 Å². The zero-order valence-corrected chi connectivity index (χ0v) is 12.3. The van der Waals surface area contributed by atoms with E-state index in [1.165, 1.54) is 11.6 Å². The maximum absolute atomic E-state index is 12.0. The zero-order chi connectivity index (χ0) is 15.6. The molecule has 0 aliphatic carbocycles. The van der Waals surface area contributed by atoms with Gasteiger partial charge in [-0.1, -0.05) is 11.8 Å². The number of nitrogens with zero attached hydrogens (tertiary/aromatic N) is 4. The normalized spacial score (nSPS) is 14.2. The highest BCUT2D eigenvalue weighted by Gasteiger charge is 2.30. The van der Waals surface area contributed by atoms with Crippen molar-refractivity contribution in [3.63, 3.8) is 0 Å². The van der Waals surface area contributed by atoms with Crippen molar-refractivity contribution in [1.29, 1.82) is 0 Å². The molecule has 6 nitrogen and oxygen atoms in total. The molecule has 20 heavy (non-hydrogen) atoms. The molecule has 10 heteroatoms. The molecule has 1 atom stereocenters. The first-order valence-corrected chi connectivity index (χ1v) is 6.68. The molecule has 0 aliphatic heterocycles. The van der Waals surface area contributed by atoms with E-state index in [1.807, 2.05) is 26.1 Å². The Labute approximate surface area is 118 Å². The molecule has 1 heterocycles. The Hall–Kier alpha value is -1.32. The molecule has 1 aromatic rings. The van der Waals surface area contributed by atoms with Gasteiger partial charge >= 0.3 is 6.18 Å². The van der Waals surface area contributed by atoms with Gasteiger partial charge in [0, 0.05) is 0 Å². The molecule has 1 rings (SSSR count). The molecule has 0 aliphatic rings. The molecule has 0 bridgehead atoms. The number of halogens is 3. The van der Waals surface area contributed by atoms with Crippen LogP contribution in [0, 0.1) is 0 Å². The monoisotopic (exact) mass is 311 g/mol. The average molecular weight is 311 g/mol. The molecule has 1 amide bonds. The number of thioether (sulfide) groups is 1. The highest BCUT2D eigenvalue weighted by Crippen LogP contribution is 2.25. The fourth-order valence-electron chi connectivity index (χ4n) is 1.22. The molecule has 0 radical (unpaired) electrons. The van der Waals surface area contributed by atoms with Crippen LogP contribution in [-0.4, -0.2) is 44.1 Å². The van der Waals surface area contributed by atoms with Gasteiger partial charge in [-0.2, -0.15) is 13.2 Å². The lowest BCUT2D eigenvalue weighted by Gasteiger charge is -2.20. The van der Waals surface area contributed by atoms with Gasteiger partial charge in [0.15, 0.2) is 0 Å². The number of hydrogen-bond acceptors (Lipinski definition) is 5. The first kappa shape index (κ1) is 16.7. The number of carbonyl (C=O) groups is 1. The Morgan fingerprint density at radius 2 is 2.00 bits per heavy atom. The Kier molecular flexibility index (Phi) is 5.00. The molecule has 1 unspecified atom stereocenters. The molecule has 1 N–H and O–H groups in total. The predicted molar refractivity (Wildman–Crippen MR) is 67.2 cm³/mol. The third-order valence-electron chi connectivity index (χ3n) is 2.19. The van der Waals surface area contributed by atoms with Gasteiger partial charge < -0.3 is 5.32 Å². The minimum absolute atomic E-state index is 0.381. The molecule has 0 aromatic carbocycles. The van der Waals surface area contributed by atoms with E-state index in [9.17, 15) is 18.0 Å². The second-order valence-electron chi connectivity index (χ2n) is 5.14. The zero-order valence-electron chi connectivity index (χ0n) is 11.5. The fraction of sp³-hybridized carbons (Fsp3) is 0.800. The molecule has 0 saturated heterocycles. The van der Waals surface area contributed by atoms with Crippen molar-refractivity contribution < 1.29 is 18.0 Å². The van der Waals surface area contributed by atoms with Gasteiger partial charge in [-0.15, -0.1) is 5.10 Å². The van der Waals surface area contributed by atoms with Gasteiger partial charge in [0.25, 0.3) is 0 Å². The lowest BCUT2D eigenvalue weighted by Crippen LogP contribution is -2.38. The van der Waals surface area contributed by atoms with Crippen LogP contribution in [0.25, 0.3) is 0 Å². The van der Waals surface area contributed by atoms with Crippen molar-refractivity contribution in [3.8, 4) is 0 Å². The van der Waals surface area contributed by atoms with Crippen LogP contribution in [0.2, 0.25) is 0 Å². The molecule has 1 aromatic heterocycles. The third kappa shape index (κ3) is 4.99. The molecule has 0 fully saturated rings. The van der Waals surface area contributed by atoms with Crippen LogP contribution in [-0.2, 0) is 10.3 Å². The molecule has 114 valence electrons. The van der Waals surface area contributed by atoms with Gasteiger partial charge in [-0.25, -0.2) is 4.68 Å². The van der Waals surface area contributed by atoms with E-state index in [4.69, 9.17) is 0 Å². The van der Waals surface area contributed by atoms with Gasteiger partial charge in [0.05, 0.1) is 10.8 Å². The quantitative estimate of drug-likeness (QED) is 0.855. The topological polar surface area (TPSA) is 72.7 Å². The first-order valence-electron chi connectivity index (χ1n) is 5.80. The van der Waals surface area contributed by atoms with E-state index < -0.39 is 23.9 Å². The number of carbonyl (C=O) groups excluding carboxylic acids is 1. The van der Waals surface area contributed by atoms with Gasteiger partial charge in [0.1, 0.15) is 6.54 Å². The standard InChI is InChI=1S/C10H16F3N5OS/c1-6(7(19)14-5-10(11,12)13)20-8-15-16-17-18(8)9(2,3)4/h6H,5H2,1-4H3,(H,14,19). The lowest BCUT2D eigenvalue weighted by molar-refractivity contribution is -0.137. The van der Waals surface area contributed by atoms with Crippen molar-refractivity contribution in [2.24, 2.45) is 0 Å². The van der Waals surface area contributed by atoms with Crippen molar-refractivity contribution in [2.75, 3.05) is 6.54 Å². The van der Waals surface area contributed by atoms with E-state index in [2.05, 4.69) is 15.5 Å². The number of alkyl halides is 3. The summed E-state index contributed by atoms with van der Waals surface area (Å²) in [5.74, 6) is -0.712. The van der Waals surface area contributed by atoms with Crippen LogP contribution < -0.4 is 5.32 Å². The molecular formula is C10H16F3N5OS. The minimum Gasteiger partial charge on any atom is -0.346 e. The maximum atomic E-state index is 12.0. The number of tetrazole rings is 1. The van der Waals surface area contributed by atoms with E-state index in [0.717, 1.165) is 11.8 Å². The van der Waals surface area contributed by atoms with Crippen LogP contribution in [0.15, 0.2) is 5.16 Å². The van der Waals surface area contributed by atoms with Crippen molar-refractivity contribution in [1.82, 2.24) is 25.5 Å². The number of rotatable bonds is 4. The number of amides is 1. The second-order valence-corrected chi connectivity index (χ2v) is 6.45. The SMILES string of the molecule is CC(Sc1nnnn1C(C)(C)C)C(=O)NCC(F)(F)F. The summed E-state index contributed by atoms with van der Waals surface area (Å²) in [6.07, 6.45) is -4.42. The highest BCUT2D eigenvalue weighted by molar-refractivity contribution is 8.00. The third-order valence-corrected chi connectivity index (χ3v) is 3.22. The number of aromatic nitrogens is 4. The summed E-state index contributed by atoms with van der Waals surface area (Å²) in [6, 6.07) is 0. The minimum atomic E-state index is -4.42. The fourth-order valence-corrected chi connectivity index (χ4v) is 2.22. The summed E-state index contributed by atoms with van der Waals surface area (Å²) in [6.45, 7) is 5.78. The lowest BCUT2D eigenvalue weighted by atomic mass is 10.1. The van der Waals surface area contributed by atoms with Crippen molar-refractivity contribution in [3.05, 3.63) is 0 Å². The smallest absolute Gasteiger partial charge is 0.346 e. The summed E-state index contributed by atoms with van der Waals surface area (Å²) in [7, 11) is 0. The Morgan fingerprint density at radius 3 is 2.50 bits per heavy atom. The second kappa shape index (κ2) is 5.98. The predicted octanol–water partition coefficient (Wildman–Crippen LogP) is 1.59. The van der Waals surface area contributed by atoms with Crippen LogP contribution in [0.5, 0.6) is 0 Å². The summed E-state index contributed by atoms with van der Waals surface area (Å²) in [5, 5.41) is 12.6. The average Bonchev–Trinajstić information content (AvgIpc) is 2.72. The molecular weight excluding hydrogens is 295 g/mol. The summed E-state index contributed by atoms with van der Waals surface area (Å²) >= 11 is 1.01. The van der Waals surface area contributed by atoms with Gasteiger partial charge in [-0.3, -0.25) is 4.79 Å². The van der Waals surface area contributed by atoms with Gasteiger partial charge in [-0.05, 0) is 38.1 Å². The summed E-state index contributed by atoms with van der Waals surface area (Å²) in [5.41, 5.74) is -0.381. The van der Waals surface area contributed by atoms with E-state index in [-0.39, 0.29) is 5.54 Å². The van der Waals surface area contributed by atoms with Crippen LogP contribution >= 0.6 is 11.8 Å². The van der Waals surface area contributed by atoms with E-state index in [0.29, 0.717) is 5.16 Å². The Morgan fingerprint density at radius 1 is 1.40 bits per heavy atom. The first-order chi connectivity index (χ1) is 9.00. The number of hydrogen-bond donors (Lipinski definition) is 1. The van der Waals surface area contributed by atoms with Gasteiger partial charge in [0.2, 0.25) is 11.1 Å². The molecule has 0 saturated carbocycles. The Balaban J connectivity index is 2.65. The van der Waals surface area contributed by atoms with Crippen molar-refractivity contribution in [2.45, 2.75) is 49.8 Å². The number of nitrogens with one attached hydrogen (secondary N) is 1. The molecule has 0 spiro atoms. The largest absolute Gasteiger partial charge is 0.405 e. The van der Waals surface area contributed by atoms with E-state index >= 15 is 0 Å². The van der Waals surface area contributed by atoms with Crippen LogP contribution in [0.1, 0.15) is 27.7 Å².